The number of hydrogen-bond acceptors (Lipinski definition) is 4. The van der Waals surface area contributed by atoms with Gasteiger partial charge in [0, 0.05) is 26.2 Å². The lowest BCUT2D eigenvalue weighted by Crippen LogP contribution is -2.50. The highest BCUT2D eigenvalue weighted by Crippen LogP contribution is 2.30. The van der Waals surface area contributed by atoms with E-state index in [1.54, 1.807) is 24.5 Å². The molecule has 0 fully saturated rings. The van der Waals surface area contributed by atoms with Crippen molar-refractivity contribution in [2.24, 2.45) is 0 Å². The zero-order valence-corrected chi connectivity index (χ0v) is 15.8. The standard InChI is InChI=1S/C21H20FN5O2/c1-26-19-16(22)8-5-9-17(19)23-12-18(20(26)28)25-21(29)27-13-15(11-24-27)10-14-6-3-2-4-7-14/h2-9,11,13,18,23H,10,12H2,1H3,(H,25,29)/t18-/m0/s1. The second-order valence-electron chi connectivity index (χ2n) is 6.87. The highest BCUT2D eigenvalue weighted by atomic mass is 19.1. The maximum Gasteiger partial charge on any atom is 0.342 e. The predicted octanol–water partition coefficient (Wildman–Crippen LogP) is 2.63. The second kappa shape index (κ2) is 7.75. The summed E-state index contributed by atoms with van der Waals surface area (Å²) in [6.07, 6.45) is 3.90. The Kier molecular flexibility index (Phi) is 4.99. The minimum absolute atomic E-state index is 0.142. The summed E-state index contributed by atoms with van der Waals surface area (Å²) >= 11 is 0. The van der Waals surface area contributed by atoms with Gasteiger partial charge in [-0.05, 0) is 23.3 Å². The van der Waals surface area contributed by atoms with Crippen LogP contribution in [0.3, 0.4) is 0 Å². The van der Waals surface area contributed by atoms with E-state index in [1.807, 2.05) is 30.3 Å². The van der Waals surface area contributed by atoms with Crippen LogP contribution in [0.25, 0.3) is 0 Å². The smallest absolute Gasteiger partial charge is 0.342 e. The maximum absolute atomic E-state index is 14.2. The first kappa shape index (κ1) is 18.7. The van der Waals surface area contributed by atoms with Gasteiger partial charge in [0.25, 0.3) is 5.91 Å². The van der Waals surface area contributed by atoms with Crippen LogP contribution in [0.2, 0.25) is 0 Å². The number of carbonyl (C=O) groups is 2. The Morgan fingerprint density at radius 3 is 2.79 bits per heavy atom. The van der Waals surface area contributed by atoms with Gasteiger partial charge in [0.1, 0.15) is 17.5 Å². The molecular weight excluding hydrogens is 373 g/mol. The van der Waals surface area contributed by atoms with E-state index in [0.717, 1.165) is 11.1 Å². The Hall–Kier alpha value is -3.68. The Labute approximate surface area is 167 Å². The molecule has 7 nitrogen and oxygen atoms in total. The predicted molar refractivity (Wildman–Crippen MR) is 107 cm³/mol. The van der Waals surface area contributed by atoms with Gasteiger partial charge in [0.15, 0.2) is 0 Å². The highest BCUT2D eigenvalue weighted by Gasteiger charge is 2.31. The number of amides is 2. The number of nitrogens with zero attached hydrogens (tertiary/aromatic N) is 3. The Morgan fingerprint density at radius 2 is 2.00 bits per heavy atom. The van der Waals surface area contributed by atoms with E-state index in [-0.39, 0.29) is 12.2 Å². The average molecular weight is 393 g/mol. The molecule has 2 aromatic carbocycles. The van der Waals surface area contributed by atoms with Crippen molar-refractivity contribution < 1.29 is 14.0 Å². The van der Waals surface area contributed by atoms with Crippen LogP contribution in [0, 0.1) is 5.82 Å². The third kappa shape index (κ3) is 3.82. The Bertz CT molecular complexity index is 1050. The van der Waals surface area contributed by atoms with Crippen molar-refractivity contribution in [3.8, 4) is 0 Å². The number of fused-ring (bicyclic) bond motifs is 1. The summed E-state index contributed by atoms with van der Waals surface area (Å²) in [5.41, 5.74) is 2.65. The fraction of sp³-hybridized carbons (Fsp3) is 0.190. The van der Waals surface area contributed by atoms with Crippen LogP contribution in [-0.4, -0.2) is 41.4 Å². The molecule has 8 heteroatoms. The van der Waals surface area contributed by atoms with Crippen LogP contribution in [0.1, 0.15) is 11.1 Å². The molecule has 1 aliphatic rings. The summed E-state index contributed by atoms with van der Waals surface area (Å²) in [5.74, 6) is -0.915. The number of para-hydroxylation sites is 1. The number of benzene rings is 2. The van der Waals surface area contributed by atoms with Crippen LogP contribution in [0.4, 0.5) is 20.6 Å². The molecule has 0 spiro atoms. The molecule has 0 unspecified atom stereocenters. The van der Waals surface area contributed by atoms with Gasteiger partial charge in [-0.1, -0.05) is 36.4 Å². The summed E-state index contributed by atoms with van der Waals surface area (Å²) in [7, 11) is 1.49. The fourth-order valence-corrected chi connectivity index (χ4v) is 3.36. The first-order valence-electron chi connectivity index (χ1n) is 9.21. The Morgan fingerprint density at radius 1 is 1.21 bits per heavy atom. The highest BCUT2D eigenvalue weighted by molar-refractivity contribution is 6.02. The van der Waals surface area contributed by atoms with Crippen LogP contribution in [0.5, 0.6) is 0 Å². The average Bonchev–Trinajstić information content (AvgIpc) is 3.15. The SMILES string of the molecule is CN1C(=O)[C@@H](NC(=O)n2cc(Cc3ccccc3)cn2)CNc2cccc(F)c21. The monoisotopic (exact) mass is 393 g/mol. The van der Waals surface area contributed by atoms with E-state index >= 15 is 0 Å². The molecule has 2 heterocycles. The lowest BCUT2D eigenvalue weighted by molar-refractivity contribution is -0.119. The van der Waals surface area contributed by atoms with Crippen molar-refractivity contribution in [2.75, 3.05) is 23.8 Å². The van der Waals surface area contributed by atoms with Gasteiger partial charge in [-0.15, -0.1) is 0 Å². The first-order chi connectivity index (χ1) is 14.0. The minimum atomic E-state index is -0.860. The summed E-state index contributed by atoms with van der Waals surface area (Å²) < 4.78 is 15.3. The summed E-state index contributed by atoms with van der Waals surface area (Å²) in [4.78, 5) is 26.6. The van der Waals surface area contributed by atoms with E-state index in [1.165, 1.54) is 22.7 Å². The molecule has 3 aromatic rings. The number of halogens is 1. The summed E-state index contributed by atoms with van der Waals surface area (Å²) in [5, 5.41) is 9.80. The number of anilines is 2. The van der Waals surface area contributed by atoms with Gasteiger partial charge in [-0.25, -0.2) is 9.18 Å². The van der Waals surface area contributed by atoms with Gasteiger partial charge >= 0.3 is 6.03 Å². The van der Waals surface area contributed by atoms with Crippen LogP contribution in [0.15, 0.2) is 60.9 Å². The largest absolute Gasteiger partial charge is 0.381 e. The van der Waals surface area contributed by atoms with E-state index in [4.69, 9.17) is 0 Å². The molecule has 2 amide bonds. The lowest BCUT2D eigenvalue weighted by Gasteiger charge is -2.21. The Balaban J connectivity index is 1.46. The van der Waals surface area contributed by atoms with Crippen LogP contribution >= 0.6 is 0 Å². The molecule has 2 N–H and O–H groups in total. The molecular formula is C21H20FN5O2. The molecule has 1 aliphatic heterocycles. The molecule has 0 bridgehead atoms. The molecule has 0 radical (unpaired) electrons. The number of likely N-dealkylation sites (N-methyl/N-ethyl adjacent to an activating group) is 1. The third-order valence-corrected chi connectivity index (χ3v) is 4.84. The van der Waals surface area contributed by atoms with Gasteiger partial charge in [0.2, 0.25) is 0 Å². The van der Waals surface area contributed by atoms with Crippen molar-refractivity contribution in [1.82, 2.24) is 15.1 Å². The third-order valence-electron chi connectivity index (χ3n) is 4.84. The molecule has 29 heavy (non-hydrogen) atoms. The second-order valence-corrected chi connectivity index (χ2v) is 6.87. The minimum Gasteiger partial charge on any atom is -0.381 e. The molecule has 0 saturated carbocycles. The van der Waals surface area contributed by atoms with Gasteiger partial charge in [-0.3, -0.25) is 4.79 Å². The first-order valence-corrected chi connectivity index (χ1v) is 9.21. The van der Waals surface area contributed by atoms with Crippen molar-refractivity contribution in [1.29, 1.82) is 0 Å². The number of aromatic nitrogens is 2. The fourth-order valence-electron chi connectivity index (χ4n) is 3.36. The molecule has 1 aromatic heterocycles. The van der Waals surface area contributed by atoms with E-state index in [9.17, 15) is 14.0 Å². The topological polar surface area (TPSA) is 79.3 Å². The van der Waals surface area contributed by atoms with Crippen molar-refractivity contribution >= 4 is 23.3 Å². The van der Waals surface area contributed by atoms with Crippen molar-refractivity contribution in [3.05, 3.63) is 77.9 Å². The molecule has 4 rings (SSSR count). The number of nitrogens with one attached hydrogen (secondary N) is 2. The summed E-state index contributed by atoms with van der Waals surface area (Å²) in [6.45, 7) is 0.142. The maximum atomic E-state index is 14.2. The molecule has 148 valence electrons. The molecule has 1 atom stereocenters. The van der Waals surface area contributed by atoms with E-state index in [2.05, 4.69) is 15.7 Å². The quantitative estimate of drug-likeness (QED) is 0.717. The normalized spacial score (nSPS) is 16.0. The number of hydrogen-bond donors (Lipinski definition) is 2. The number of carbonyl (C=O) groups excluding carboxylic acids is 2. The van der Waals surface area contributed by atoms with Gasteiger partial charge in [-0.2, -0.15) is 9.78 Å². The zero-order valence-electron chi connectivity index (χ0n) is 15.8. The van der Waals surface area contributed by atoms with Crippen LogP contribution < -0.4 is 15.5 Å². The zero-order chi connectivity index (χ0) is 20.4. The van der Waals surface area contributed by atoms with Crippen LogP contribution in [-0.2, 0) is 11.2 Å². The van der Waals surface area contributed by atoms with Crippen molar-refractivity contribution in [3.63, 3.8) is 0 Å². The van der Waals surface area contributed by atoms with Crippen molar-refractivity contribution in [2.45, 2.75) is 12.5 Å². The lowest BCUT2D eigenvalue weighted by atomic mass is 10.1. The summed E-state index contributed by atoms with van der Waals surface area (Å²) in [6, 6.07) is 13.0. The van der Waals surface area contributed by atoms with Gasteiger partial charge < -0.3 is 15.5 Å². The van der Waals surface area contributed by atoms with E-state index < -0.39 is 23.8 Å². The molecule has 0 saturated heterocycles. The number of rotatable bonds is 3. The molecule has 0 aliphatic carbocycles. The van der Waals surface area contributed by atoms with E-state index in [0.29, 0.717) is 12.1 Å². The van der Waals surface area contributed by atoms with Gasteiger partial charge in [0.05, 0.1) is 11.9 Å².